The van der Waals surface area contributed by atoms with Gasteiger partial charge in [0.1, 0.15) is 5.82 Å². The molecule has 0 bridgehead atoms. The number of allylic oxidation sites excluding steroid dienone is 1. The predicted molar refractivity (Wildman–Crippen MR) is 99.9 cm³/mol. The summed E-state index contributed by atoms with van der Waals surface area (Å²) in [6, 6.07) is 16.2. The van der Waals surface area contributed by atoms with Gasteiger partial charge >= 0.3 is 5.97 Å². The molecule has 26 heavy (non-hydrogen) atoms. The lowest BCUT2D eigenvalue weighted by Gasteiger charge is -2.08. The summed E-state index contributed by atoms with van der Waals surface area (Å²) >= 11 is 0. The lowest BCUT2D eigenvalue weighted by molar-refractivity contribution is 0.0697. The Labute approximate surface area is 151 Å². The Kier molecular flexibility index (Phi) is 4.68. The van der Waals surface area contributed by atoms with Crippen molar-refractivity contribution in [3.63, 3.8) is 0 Å². The van der Waals surface area contributed by atoms with Crippen molar-refractivity contribution < 1.29 is 9.90 Å². The highest BCUT2D eigenvalue weighted by atomic mass is 16.4. The average molecular weight is 343 g/mol. The van der Waals surface area contributed by atoms with Crippen molar-refractivity contribution in [1.82, 2.24) is 9.55 Å². The van der Waals surface area contributed by atoms with E-state index in [4.69, 9.17) is 5.11 Å². The number of pyridine rings is 1. The number of nitrogens with zero attached hydrogens (tertiary/aromatic N) is 3. The highest BCUT2D eigenvalue weighted by Crippen LogP contribution is 2.24. The summed E-state index contributed by atoms with van der Waals surface area (Å²) in [6.07, 6.45) is 3.56. The molecule has 0 saturated carbocycles. The van der Waals surface area contributed by atoms with Gasteiger partial charge in [0, 0.05) is 17.6 Å². The van der Waals surface area contributed by atoms with Crippen molar-refractivity contribution in [2.45, 2.75) is 13.8 Å². The molecule has 128 valence electrons. The van der Waals surface area contributed by atoms with Crippen LogP contribution in [0.25, 0.3) is 17.5 Å². The van der Waals surface area contributed by atoms with Crippen LogP contribution in [0.3, 0.4) is 0 Å². The second kappa shape index (κ2) is 7.08. The van der Waals surface area contributed by atoms with Crippen LogP contribution in [0.1, 0.15) is 32.9 Å². The molecule has 0 atom stereocenters. The lowest BCUT2D eigenvalue weighted by Crippen LogP contribution is -2.01. The van der Waals surface area contributed by atoms with Gasteiger partial charge in [0.15, 0.2) is 0 Å². The number of carbonyl (C=O) groups is 1. The standard InChI is InChI=1S/C21H17N3O2/c1-14-11-18(15(2)24(14)20-5-3-4-10-23-20)12-19(13-22)16-6-8-17(9-7-16)21(25)26/h3-12H,1-2H3,(H,25,26)/b19-12-. The number of aromatic carboxylic acids is 1. The summed E-state index contributed by atoms with van der Waals surface area (Å²) in [7, 11) is 0. The molecule has 2 heterocycles. The molecule has 0 aliphatic heterocycles. The molecule has 0 aliphatic rings. The predicted octanol–water partition coefficient (Wildman–Crippen LogP) is 4.25. The van der Waals surface area contributed by atoms with E-state index in [0.29, 0.717) is 11.1 Å². The van der Waals surface area contributed by atoms with E-state index < -0.39 is 5.97 Å². The smallest absolute Gasteiger partial charge is 0.335 e. The Morgan fingerprint density at radius 1 is 1.15 bits per heavy atom. The molecule has 0 aliphatic carbocycles. The molecule has 0 saturated heterocycles. The van der Waals surface area contributed by atoms with E-state index in [-0.39, 0.29) is 5.56 Å². The van der Waals surface area contributed by atoms with Crippen LogP contribution in [0.2, 0.25) is 0 Å². The molecule has 0 spiro atoms. The normalized spacial score (nSPS) is 11.2. The molecule has 5 heteroatoms. The summed E-state index contributed by atoms with van der Waals surface area (Å²) in [6.45, 7) is 3.97. The number of nitriles is 1. The Balaban J connectivity index is 2.03. The van der Waals surface area contributed by atoms with Crippen molar-refractivity contribution in [1.29, 1.82) is 5.26 Å². The molecule has 0 fully saturated rings. The highest BCUT2D eigenvalue weighted by Gasteiger charge is 2.12. The van der Waals surface area contributed by atoms with Crippen LogP contribution in [0.5, 0.6) is 0 Å². The van der Waals surface area contributed by atoms with Gasteiger partial charge in [0.25, 0.3) is 0 Å². The highest BCUT2D eigenvalue weighted by molar-refractivity contribution is 5.92. The Morgan fingerprint density at radius 3 is 2.42 bits per heavy atom. The molecule has 1 N–H and O–H groups in total. The number of rotatable bonds is 4. The molecule has 5 nitrogen and oxygen atoms in total. The van der Waals surface area contributed by atoms with Gasteiger partial charge in [-0.05, 0) is 61.4 Å². The van der Waals surface area contributed by atoms with Gasteiger partial charge in [-0.3, -0.25) is 0 Å². The number of aryl methyl sites for hydroxylation is 1. The topological polar surface area (TPSA) is 78.9 Å². The fourth-order valence-electron chi connectivity index (χ4n) is 2.90. The van der Waals surface area contributed by atoms with E-state index >= 15 is 0 Å². The van der Waals surface area contributed by atoms with Crippen LogP contribution < -0.4 is 0 Å². The second-order valence-electron chi connectivity index (χ2n) is 5.90. The molecule has 0 amide bonds. The maximum absolute atomic E-state index is 11.0. The molecule has 0 radical (unpaired) electrons. The van der Waals surface area contributed by atoms with E-state index in [1.807, 2.05) is 48.8 Å². The van der Waals surface area contributed by atoms with Gasteiger partial charge < -0.3 is 9.67 Å². The van der Waals surface area contributed by atoms with E-state index in [1.54, 1.807) is 18.3 Å². The lowest BCUT2D eigenvalue weighted by atomic mass is 10.0. The third-order valence-corrected chi connectivity index (χ3v) is 4.21. The first kappa shape index (κ1) is 17.2. The van der Waals surface area contributed by atoms with Crippen LogP contribution in [-0.4, -0.2) is 20.6 Å². The maximum Gasteiger partial charge on any atom is 0.335 e. The van der Waals surface area contributed by atoms with Gasteiger partial charge in [-0.25, -0.2) is 9.78 Å². The van der Waals surface area contributed by atoms with E-state index in [9.17, 15) is 10.1 Å². The van der Waals surface area contributed by atoms with Crippen molar-refractivity contribution in [2.24, 2.45) is 0 Å². The zero-order valence-electron chi connectivity index (χ0n) is 14.5. The van der Waals surface area contributed by atoms with E-state index in [1.165, 1.54) is 12.1 Å². The first-order chi connectivity index (χ1) is 12.5. The minimum absolute atomic E-state index is 0.194. The van der Waals surface area contributed by atoms with Crippen molar-refractivity contribution in [3.8, 4) is 11.9 Å². The monoisotopic (exact) mass is 343 g/mol. The largest absolute Gasteiger partial charge is 0.478 e. The zero-order valence-corrected chi connectivity index (χ0v) is 14.5. The summed E-state index contributed by atoms with van der Waals surface area (Å²) in [4.78, 5) is 15.4. The number of hydrogen-bond donors (Lipinski definition) is 1. The average Bonchev–Trinajstić information content (AvgIpc) is 2.93. The molecule has 3 aromatic rings. The molecule has 0 unspecified atom stereocenters. The number of carboxylic acids is 1. The van der Waals surface area contributed by atoms with Gasteiger partial charge in [0.05, 0.1) is 17.2 Å². The van der Waals surface area contributed by atoms with Gasteiger partial charge in [-0.1, -0.05) is 18.2 Å². The number of hydrogen-bond acceptors (Lipinski definition) is 3. The first-order valence-electron chi connectivity index (χ1n) is 8.07. The van der Waals surface area contributed by atoms with Gasteiger partial charge in [0.2, 0.25) is 0 Å². The fourth-order valence-corrected chi connectivity index (χ4v) is 2.90. The minimum atomic E-state index is -0.988. The van der Waals surface area contributed by atoms with Crippen LogP contribution >= 0.6 is 0 Å². The van der Waals surface area contributed by atoms with E-state index in [2.05, 4.69) is 11.1 Å². The Hall–Kier alpha value is -3.65. The first-order valence-corrected chi connectivity index (χ1v) is 8.07. The van der Waals surface area contributed by atoms with Crippen LogP contribution in [0.4, 0.5) is 0 Å². The molecule has 1 aromatic carbocycles. The third-order valence-electron chi connectivity index (χ3n) is 4.21. The third kappa shape index (κ3) is 3.26. The van der Waals surface area contributed by atoms with E-state index in [0.717, 1.165) is 22.8 Å². The molecular weight excluding hydrogens is 326 g/mol. The molecule has 2 aromatic heterocycles. The minimum Gasteiger partial charge on any atom is -0.478 e. The maximum atomic E-state index is 11.0. The fraction of sp³-hybridized carbons (Fsp3) is 0.0952. The molecule has 3 rings (SSSR count). The number of carboxylic acid groups (broad SMARTS) is 1. The van der Waals surface area contributed by atoms with Crippen molar-refractivity contribution >= 4 is 17.6 Å². The summed E-state index contributed by atoms with van der Waals surface area (Å²) in [5.41, 5.74) is 4.27. The quantitative estimate of drug-likeness (QED) is 0.718. The second-order valence-corrected chi connectivity index (χ2v) is 5.90. The summed E-state index contributed by atoms with van der Waals surface area (Å²) < 4.78 is 2.04. The summed E-state index contributed by atoms with van der Waals surface area (Å²) in [5.74, 6) is -0.163. The SMILES string of the molecule is Cc1cc(/C=C(/C#N)c2ccc(C(=O)O)cc2)c(C)n1-c1ccccn1. The van der Waals surface area contributed by atoms with Crippen molar-refractivity contribution in [2.75, 3.05) is 0 Å². The Morgan fingerprint density at radius 2 is 1.85 bits per heavy atom. The van der Waals surface area contributed by atoms with Gasteiger partial charge in [-0.15, -0.1) is 0 Å². The zero-order chi connectivity index (χ0) is 18.7. The Bertz CT molecular complexity index is 1020. The van der Waals surface area contributed by atoms with Crippen LogP contribution in [0, 0.1) is 25.2 Å². The van der Waals surface area contributed by atoms with Crippen LogP contribution in [0.15, 0.2) is 54.7 Å². The van der Waals surface area contributed by atoms with Crippen LogP contribution in [-0.2, 0) is 0 Å². The molecular formula is C21H17N3O2. The van der Waals surface area contributed by atoms with Crippen molar-refractivity contribution in [3.05, 3.63) is 82.8 Å². The number of benzene rings is 1. The van der Waals surface area contributed by atoms with Gasteiger partial charge in [-0.2, -0.15) is 5.26 Å². The number of aromatic nitrogens is 2. The summed E-state index contributed by atoms with van der Waals surface area (Å²) in [5, 5.41) is 18.5.